The van der Waals surface area contributed by atoms with Gasteiger partial charge in [0.1, 0.15) is 0 Å². The first kappa shape index (κ1) is 14.0. The van der Waals surface area contributed by atoms with Crippen LogP contribution in [0.3, 0.4) is 0 Å². The lowest BCUT2D eigenvalue weighted by molar-refractivity contribution is -0.140. The molecule has 0 aromatic carbocycles. The molecule has 0 spiro atoms. The Labute approximate surface area is 102 Å². The highest BCUT2D eigenvalue weighted by molar-refractivity contribution is 5.82. The monoisotopic (exact) mass is 242 g/mol. The molecule has 1 aliphatic carbocycles. The Kier molecular flexibility index (Phi) is 5.41. The van der Waals surface area contributed by atoms with E-state index in [1.165, 1.54) is 0 Å². The fourth-order valence-electron chi connectivity index (χ4n) is 2.45. The summed E-state index contributed by atoms with van der Waals surface area (Å²) in [5, 5.41) is 11.7. The molecule has 5 heteroatoms. The molecule has 17 heavy (non-hydrogen) atoms. The number of carbonyl (C=O) groups is 2. The fraction of sp³-hybridized carbons (Fsp3) is 0.833. The van der Waals surface area contributed by atoms with Crippen LogP contribution < -0.4 is 5.32 Å². The molecule has 0 bridgehead atoms. The van der Waals surface area contributed by atoms with Crippen molar-refractivity contribution in [3.63, 3.8) is 0 Å². The van der Waals surface area contributed by atoms with Crippen molar-refractivity contribution in [1.82, 2.24) is 10.2 Å². The lowest BCUT2D eigenvalue weighted by atomic mass is 10.1. The normalized spacial score (nSPS) is 18.3. The van der Waals surface area contributed by atoms with Crippen LogP contribution in [-0.2, 0) is 9.59 Å². The molecule has 0 radical (unpaired) electrons. The Morgan fingerprint density at radius 1 is 1.41 bits per heavy atom. The molecule has 1 aliphatic rings. The molecule has 5 nitrogen and oxygen atoms in total. The van der Waals surface area contributed by atoms with E-state index in [0.29, 0.717) is 6.54 Å². The van der Waals surface area contributed by atoms with Crippen molar-refractivity contribution < 1.29 is 14.7 Å². The van der Waals surface area contributed by atoms with Crippen LogP contribution in [0.4, 0.5) is 0 Å². The van der Waals surface area contributed by atoms with E-state index in [2.05, 4.69) is 5.32 Å². The Balaban J connectivity index is 2.66. The molecule has 1 atom stereocenters. The Morgan fingerprint density at radius 3 is 2.47 bits per heavy atom. The standard InChI is InChI=1S/C12H22N2O3/c1-3-13-12(17)9(2)14(8-11(15)16)10-6-4-5-7-10/h9-10H,3-8H2,1-2H3,(H,13,17)(H,15,16). The third-order valence-corrected chi connectivity index (χ3v) is 3.34. The first-order chi connectivity index (χ1) is 8.06. The predicted molar refractivity (Wildman–Crippen MR) is 64.7 cm³/mol. The average Bonchev–Trinajstić information content (AvgIpc) is 2.78. The minimum Gasteiger partial charge on any atom is -0.480 e. The molecule has 0 aromatic rings. The first-order valence-electron chi connectivity index (χ1n) is 6.31. The summed E-state index contributed by atoms with van der Waals surface area (Å²) in [6.45, 7) is 4.17. The van der Waals surface area contributed by atoms with Gasteiger partial charge in [-0.05, 0) is 26.7 Å². The maximum absolute atomic E-state index is 11.8. The molecule has 98 valence electrons. The van der Waals surface area contributed by atoms with Crippen LogP contribution in [0.25, 0.3) is 0 Å². The second-order valence-electron chi connectivity index (χ2n) is 4.57. The van der Waals surface area contributed by atoms with Gasteiger partial charge in [0.15, 0.2) is 0 Å². The lowest BCUT2D eigenvalue weighted by Crippen LogP contribution is -2.50. The minimum atomic E-state index is -0.868. The molecule has 0 saturated heterocycles. The van der Waals surface area contributed by atoms with Crippen molar-refractivity contribution in [3.8, 4) is 0 Å². The van der Waals surface area contributed by atoms with Gasteiger partial charge in [-0.3, -0.25) is 14.5 Å². The predicted octanol–water partition coefficient (Wildman–Crippen LogP) is 0.840. The van der Waals surface area contributed by atoms with E-state index in [1.54, 1.807) is 6.92 Å². The van der Waals surface area contributed by atoms with Crippen LogP contribution in [0, 0.1) is 0 Å². The molecule has 0 aromatic heterocycles. The summed E-state index contributed by atoms with van der Waals surface area (Å²) in [6, 6.07) is -0.127. The summed E-state index contributed by atoms with van der Waals surface area (Å²) in [7, 11) is 0. The van der Waals surface area contributed by atoms with Crippen LogP contribution in [0.15, 0.2) is 0 Å². The summed E-state index contributed by atoms with van der Waals surface area (Å²) in [6.07, 6.45) is 4.25. The van der Waals surface area contributed by atoms with E-state index in [-0.39, 0.29) is 24.5 Å². The SMILES string of the molecule is CCNC(=O)C(C)N(CC(=O)O)C1CCCC1. The highest BCUT2D eigenvalue weighted by Crippen LogP contribution is 2.24. The van der Waals surface area contributed by atoms with Gasteiger partial charge in [0.25, 0.3) is 0 Å². The van der Waals surface area contributed by atoms with Gasteiger partial charge in [0.2, 0.25) is 5.91 Å². The average molecular weight is 242 g/mol. The zero-order valence-electron chi connectivity index (χ0n) is 10.6. The van der Waals surface area contributed by atoms with Gasteiger partial charge in [0.05, 0.1) is 12.6 Å². The second-order valence-corrected chi connectivity index (χ2v) is 4.57. The number of carboxylic acids is 1. The second kappa shape index (κ2) is 6.59. The summed E-state index contributed by atoms with van der Waals surface area (Å²) >= 11 is 0. The molecule has 1 unspecified atom stereocenters. The van der Waals surface area contributed by atoms with Gasteiger partial charge in [-0.2, -0.15) is 0 Å². The van der Waals surface area contributed by atoms with Crippen molar-refractivity contribution in [1.29, 1.82) is 0 Å². The number of aliphatic carboxylic acids is 1. The number of nitrogens with one attached hydrogen (secondary N) is 1. The number of likely N-dealkylation sites (N-methyl/N-ethyl adjacent to an activating group) is 1. The Morgan fingerprint density at radius 2 is 2.00 bits per heavy atom. The molecular formula is C12H22N2O3. The van der Waals surface area contributed by atoms with E-state index in [1.807, 2.05) is 11.8 Å². The maximum atomic E-state index is 11.8. The van der Waals surface area contributed by atoms with E-state index in [4.69, 9.17) is 5.11 Å². The number of hydrogen-bond donors (Lipinski definition) is 2. The molecular weight excluding hydrogens is 220 g/mol. The van der Waals surface area contributed by atoms with Crippen molar-refractivity contribution in [2.75, 3.05) is 13.1 Å². The zero-order chi connectivity index (χ0) is 12.8. The third-order valence-electron chi connectivity index (χ3n) is 3.34. The summed E-state index contributed by atoms with van der Waals surface area (Å²) in [5.41, 5.74) is 0. The highest BCUT2D eigenvalue weighted by atomic mass is 16.4. The van der Waals surface area contributed by atoms with Crippen molar-refractivity contribution in [2.45, 2.75) is 51.6 Å². The molecule has 1 rings (SSSR count). The molecule has 1 saturated carbocycles. The van der Waals surface area contributed by atoms with E-state index >= 15 is 0 Å². The lowest BCUT2D eigenvalue weighted by Gasteiger charge is -2.32. The van der Waals surface area contributed by atoms with Crippen molar-refractivity contribution >= 4 is 11.9 Å². The Bertz CT molecular complexity index is 275. The minimum absolute atomic E-state index is 0.0526. The van der Waals surface area contributed by atoms with Crippen LogP contribution in [0.5, 0.6) is 0 Å². The number of nitrogens with zero attached hydrogens (tertiary/aromatic N) is 1. The van der Waals surface area contributed by atoms with Crippen LogP contribution >= 0.6 is 0 Å². The molecule has 1 fully saturated rings. The summed E-state index contributed by atoms with van der Waals surface area (Å²) < 4.78 is 0. The van der Waals surface area contributed by atoms with Gasteiger partial charge >= 0.3 is 5.97 Å². The number of carboxylic acid groups (broad SMARTS) is 1. The van der Waals surface area contributed by atoms with Gasteiger partial charge in [0, 0.05) is 12.6 Å². The van der Waals surface area contributed by atoms with E-state index in [9.17, 15) is 9.59 Å². The van der Waals surface area contributed by atoms with Crippen LogP contribution in [0.2, 0.25) is 0 Å². The van der Waals surface area contributed by atoms with Gasteiger partial charge in [-0.1, -0.05) is 12.8 Å². The maximum Gasteiger partial charge on any atom is 0.317 e. The number of carbonyl (C=O) groups excluding carboxylic acids is 1. The summed E-state index contributed by atoms with van der Waals surface area (Å²) in [4.78, 5) is 24.5. The molecule has 2 N–H and O–H groups in total. The van der Waals surface area contributed by atoms with Gasteiger partial charge < -0.3 is 10.4 Å². The topological polar surface area (TPSA) is 69.6 Å². The molecule has 0 aliphatic heterocycles. The summed E-state index contributed by atoms with van der Waals surface area (Å²) in [5.74, 6) is -0.950. The third kappa shape index (κ3) is 4.00. The Hall–Kier alpha value is -1.10. The number of rotatable bonds is 6. The largest absolute Gasteiger partial charge is 0.480 e. The van der Waals surface area contributed by atoms with Crippen molar-refractivity contribution in [3.05, 3.63) is 0 Å². The van der Waals surface area contributed by atoms with Crippen LogP contribution in [0.1, 0.15) is 39.5 Å². The first-order valence-corrected chi connectivity index (χ1v) is 6.31. The van der Waals surface area contributed by atoms with Crippen molar-refractivity contribution in [2.24, 2.45) is 0 Å². The quantitative estimate of drug-likeness (QED) is 0.724. The number of amides is 1. The van der Waals surface area contributed by atoms with Gasteiger partial charge in [-0.15, -0.1) is 0 Å². The highest BCUT2D eigenvalue weighted by Gasteiger charge is 2.31. The number of hydrogen-bond acceptors (Lipinski definition) is 3. The van der Waals surface area contributed by atoms with Gasteiger partial charge in [-0.25, -0.2) is 0 Å². The van der Waals surface area contributed by atoms with E-state index in [0.717, 1.165) is 25.7 Å². The fourth-order valence-corrected chi connectivity index (χ4v) is 2.45. The smallest absolute Gasteiger partial charge is 0.317 e. The van der Waals surface area contributed by atoms with E-state index < -0.39 is 5.97 Å². The molecule has 1 amide bonds. The van der Waals surface area contributed by atoms with Crippen LogP contribution in [-0.4, -0.2) is 47.1 Å². The molecule has 0 heterocycles. The zero-order valence-corrected chi connectivity index (χ0v) is 10.6.